The SMILES string of the molecule is COCCNC(=O)c1cnc2ccc(SCc3cccc(Cl)c3)nn12. The van der Waals surface area contributed by atoms with E-state index in [0.29, 0.717) is 29.5 Å². The fraction of sp³-hybridized carbons (Fsp3) is 0.235. The van der Waals surface area contributed by atoms with Crippen LogP contribution in [0.2, 0.25) is 5.02 Å². The molecule has 25 heavy (non-hydrogen) atoms. The topological polar surface area (TPSA) is 68.5 Å². The first-order valence-corrected chi connectivity index (χ1v) is 9.03. The van der Waals surface area contributed by atoms with Gasteiger partial charge in [-0.25, -0.2) is 9.50 Å². The summed E-state index contributed by atoms with van der Waals surface area (Å²) >= 11 is 7.58. The number of fused-ring (bicyclic) bond motifs is 1. The molecule has 130 valence electrons. The molecule has 0 radical (unpaired) electrons. The lowest BCUT2D eigenvalue weighted by Gasteiger charge is -2.05. The van der Waals surface area contributed by atoms with Gasteiger partial charge in [0.15, 0.2) is 11.3 Å². The second-order valence-electron chi connectivity index (χ2n) is 5.25. The van der Waals surface area contributed by atoms with Crippen molar-refractivity contribution in [3.05, 3.63) is 58.9 Å². The Morgan fingerprint density at radius 2 is 2.24 bits per heavy atom. The quantitative estimate of drug-likeness (QED) is 0.507. The Kier molecular flexibility index (Phi) is 5.91. The molecule has 0 unspecified atom stereocenters. The van der Waals surface area contributed by atoms with Gasteiger partial charge in [-0.1, -0.05) is 35.5 Å². The van der Waals surface area contributed by atoms with Crippen LogP contribution in [-0.2, 0) is 10.5 Å². The average Bonchev–Trinajstić information content (AvgIpc) is 3.03. The number of halogens is 1. The number of rotatable bonds is 7. The van der Waals surface area contributed by atoms with Crippen LogP contribution >= 0.6 is 23.4 Å². The fourth-order valence-electron chi connectivity index (χ4n) is 2.23. The highest BCUT2D eigenvalue weighted by Gasteiger charge is 2.13. The van der Waals surface area contributed by atoms with Crippen molar-refractivity contribution in [3.63, 3.8) is 0 Å². The molecular formula is C17H17ClN4O2S. The number of hydrogen-bond acceptors (Lipinski definition) is 5. The predicted molar refractivity (Wildman–Crippen MR) is 98.2 cm³/mol. The zero-order valence-electron chi connectivity index (χ0n) is 13.6. The van der Waals surface area contributed by atoms with Gasteiger partial charge in [0, 0.05) is 24.4 Å². The van der Waals surface area contributed by atoms with Crippen molar-refractivity contribution < 1.29 is 9.53 Å². The van der Waals surface area contributed by atoms with Crippen LogP contribution < -0.4 is 5.32 Å². The maximum Gasteiger partial charge on any atom is 0.271 e. The van der Waals surface area contributed by atoms with E-state index < -0.39 is 0 Å². The van der Waals surface area contributed by atoms with Crippen LogP contribution in [0, 0.1) is 0 Å². The minimum absolute atomic E-state index is 0.228. The molecule has 0 aliphatic carbocycles. The van der Waals surface area contributed by atoms with E-state index in [1.54, 1.807) is 23.4 Å². The summed E-state index contributed by atoms with van der Waals surface area (Å²) in [4.78, 5) is 16.5. The number of aromatic nitrogens is 3. The van der Waals surface area contributed by atoms with Gasteiger partial charge in [0.2, 0.25) is 0 Å². The Balaban J connectivity index is 1.74. The van der Waals surface area contributed by atoms with E-state index >= 15 is 0 Å². The third-order valence-corrected chi connectivity index (χ3v) is 4.66. The first-order chi connectivity index (χ1) is 12.2. The smallest absolute Gasteiger partial charge is 0.271 e. The average molecular weight is 377 g/mol. The predicted octanol–water partition coefficient (Wildman–Crippen LogP) is 3.05. The van der Waals surface area contributed by atoms with E-state index in [1.165, 1.54) is 6.20 Å². The van der Waals surface area contributed by atoms with Crippen molar-refractivity contribution in [1.29, 1.82) is 0 Å². The van der Waals surface area contributed by atoms with Gasteiger partial charge in [-0.05, 0) is 29.8 Å². The van der Waals surface area contributed by atoms with Crippen LogP contribution in [0.15, 0.2) is 47.6 Å². The second-order valence-corrected chi connectivity index (χ2v) is 6.68. The number of imidazole rings is 1. The number of methoxy groups -OCH3 is 1. The third-order valence-electron chi connectivity index (χ3n) is 3.44. The van der Waals surface area contributed by atoms with Crippen LogP contribution in [0.3, 0.4) is 0 Å². The summed E-state index contributed by atoms with van der Waals surface area (Å²) in [7, 11) is 1.59. The maximum atomic E-state index is 12.2. The van der Waals surface area contributed by atoms with Gasteiger partial charge in [0.05, 0.1) is 12.8 Å². The molecular weight excluding hydrogens is 360 g/mol. The normalized spacial score (nSPS) is 11.0. The number of ether oxygens (including phenoxy) is 1. The molecule has 3 aromatic rings. The van der Waals surface area contributed by atoms with Crippen LogP contribution in [0.4, 0.5) is 0 Å². The lowest BCUT2D eigenvalue weighted by atomic mass is 10.2. The van der Waals surface area contributed by atoms with E-state index in [2.05, 4.69) is 15.4 Å². The molecule has 2 heterocycles. The molecule has 0 spiro atoms. The highest BCUT2D eigenvalue weighted by molar-refractivity contribution is 7.98. The number of benzene rings is 1. The van der Waals surface area contributed by atoms with Crippen molar-refractivity contribution in [2.75, 3.05) is 20.3 Å². The highest BCUT2D eigenvalue weighted by Crippen LogP contribution is 2.23. The first kappa shape index (κ1) is 17.7. The Bertz CT molecular complexity index is 884. The van der Waals surface area contributed by atoms with Crippen LogP contribution in [0.1, 0.15) is 16.1 Å². The number of amides is 1. The first-order valence-electron chi connectivity index (χ1n) is 7.66. The number of carbonyl (C=O) groups excluding carboxylic acids is 1. The van der Waals surface area contributed by atoms with Crippen molar-refractivity contribution >= 4 is 34.9 Å². The van der Waals surface area contributed by atoms with Crippen molar-refractivity contribution in [2.45, 2.75) is 10.8 Å². The summed E-state index contributed by atoms with van der Waals surface area (Å²) in [6.45, 7) is 0.891. The van der Waals surface area contributed by atoms with E-state index in [9.17, 15) is 4.79 Å². The van der Waals surface area contributed by atoms with Gasteiger partial charge in [-0.3, -0.25) is 4.79 Å². The molecule has 0 atom stereocenters. The Morgan fingerprint density at radius 1 is 1.36 bits per heavy atom. The van der Waals surface area contributed by atoms with Crippen LogP contribution in [-0.4, -0.2) is 40.8 Å². The summed E-state index contributed by atoms with van der Waals surface area (Å²) in [6, 6.07) is 11.5. The number of thioether (sulfide) groups is 1. The zero-order valence-corrected chi connectivity index (χ0v) is 15.2. The lowest BCUT2D eigenvalue weighted by Crippen LogP contribution is -2.28. The van der Waals surface area contributed by atoms with Crippen molar-refractivity contribution in [3.8, 4) is 0 Å². The Labute approximate surface area is 154 Å². The standard InChI is InChI=1S/C17H17ClN4O2S/c1-24-8-7-19-17(23)14-10-20-15-5-6-16(21-22(14)15)25-11-12-3-2-4-13(18)9-12/h2-6,9-10H,7-8,11H2,1H3,(H,19,23). The molecule has 0 saturated heterocycles. The van der Waals surface area contributed by atoms with Crippen molar-refractivity contribution in [2.24, 2.45) is 0 Å². The minimum atomic E-state index is -0.228. The Hall–Kier alpha value is -2.09. The molecule has 3 rings (SSSR count). The van der Waals surface area contributed by atoms with Crippen molar-refractivity contribution in [1.82, 2.24) is 19.9 Å². The van der Waals surface area contributed by atoms with E-state index in [1.807, 2.05) is 36.4 Å². The van der Waals surface area contributed by atoms with E-state index in [4.69, 9.17) is 16.3 Å². The third kappa shape index (κ3) is 4.50. The van der Waals surface area contributed by atoms with E-state index in [0.717, 1.165) is 16.3 Å². The molecule has 1 amide bonds. The van der Waals surface area contributed by atoms with Crippen LogP contribution in [0.25, 0.3) is 5.65 Å². The second kappa shape index (κ2) is 8.33. The molecule has 0 aliphatic rings. The summed E-state index contributed by atoms with van der Waals surface area (Å²) in [5.74, 6) is 0.511. The molecule has 0 aliphatic heterocycles. The number of hydrogen-bond donors (Lipinski definition) is 1. The molecule has 8 heteroatoms. The highest BCUT2D eigenvalue weighted by atomic mass is 35.5. The van der Waals surface area contributed by atoms with Gasteiger partial charge in [0.25, 0.3) is 5.91 Å². The molecule has 0 saturated carbocycles. The Morgan fingerprint density at radius 3 is 3.04 bits per heavy atom. The minimum Gasteiger partial charge on any atom is -0.383 e. The summed E-state index contributed by atoms with van der Waals surface area (Å²) in [5, 5.41) is 8.81. The summed E-state index contributed by atoms with van der Waals surface area (Å²) in [5.41, 5.74) is 2.14. The van der Waals surface area contributed by atoms with E-state index in [-0.39, 0.29) is 5.91 Å². The summed E-state index contributed by atoms with van der Waals surface area (Å²) < 4.78 is 6.49. The lowest BCUT2D eigenvalue weighted by molar-refractivity contribution is 0.0930. The van der Waals surface area contributed by atoms with Gasteiger partial charge in [-0.15, -0.1) is 0 Å². The van der Waals surface area contributed by atoms with Gasteiger partial charge in [0.1, 0.15) is 5.03 Å². The maximum absolute atomic E-state index is 12.2. The molecule has 0 bridgehead atoms. The fourth-order valence-corrected chi connectivity index (χ4v) is 3.24. The molecule has 0 fully saturated rings. The van der Waals surface area contributed by atoms with Gasteiger partial charge >= 0.3 is 0 Å². The molecule has 6 nitrogen and oxygen atoms in total. The molecule has 2 aromatic heterocycles. The van der Waals surface area contributed by atoms with Crippen LogP contribution in [0.5, 0.6) is 0 Å². The largest absolute Gasteiger partial charge is 0.383 e. The number of carbonyl (C=O) groups is 1. The van der Waals surface area contributed by atoms with Gasteiger partial charge in [-0.2, -0.15) is 5.10 Å². The molecule has 1 aromatic carbocycles. The monoisotopic (exact) mass is 376 g/mol. The summed E-state index contributed by atoms with van der Waals surface area (Å²) in [6.07, 6.45) is 1.52. The zero-order chi connectivity index (χ0) is 17.6. The molecule has 1 N–H and O–H groups in total. The van der Waals surface area contributed by atoms with Gasteiger partial charge < -0.3 is 10.1 Å². The number of nitrogens with zero attached hydrogens (tertiary/aromatic N) is 3. The number of nitrogens with one attached hydrogen (secondary N) is 1.